The van der Waals surface area contributed by atoms with E-state index in [2.05, 4.69) is 27.7 Å². The van der Waals surface area contributed by atoms with Gasteiger partial charge in [0.25, 0.3) is 0 Å². The van der Waals surface area contributed by atoms with Crippen molar-refractivity contribution in [2.45, 2.75) is 79.8 Å². The Labute approximate surface area is 211 Å². The lowest BCUT2D eigenvalue weighted by Crippen LogP contribution is -2.60. The van der Waals surface area contributed by atoms with E-state index in [0.29, 0.717) is 25.4 Å². The topological polar surface area (TPSA) is 72.9 Å². The number of carbonyl (C=O) groups is 3. The number of fused-ring (bicyclic) bond motifs is 3. The maximum Gasteiger partial charge on any atom is 0.330 e. The molecule has 196 valence electrons. The first-order valence-corrected chi connectivity index (χ1v) is 13.2. The Kier molecular flexibility index (Phi) is 8.35. The van der Waals surface area contributed by atoms with Gasteiger partial charge in [-0.2, -0.15) is 0 Å². The fraction of sp³-hybridized carbons (Fsp3) is 0.759. The van der Waals surface area contributed by atoms with Crippen LogP contribution in [0.25, 0.3) is 0 Å². The van der Waals surface area contributed by atoms with Crippen molar-refractivity contribution in [2.75, 3.05) is 27.2 Å². The van der Waals surface area contributed by atoms with Gasteiger partial charge in [0.05, 0.1) is 0 Å². The van der Waals surface area contributed by atoms with Crippen LogP contribution >= 0.6 is 0 Å². The second-order valence-electron chi connectivity index (χ2n) is 12.4. The van der Waals surface area contributed by atoms with Crippen LogP contribution in [-0.2, 0) is 23.9 Å². The molecular weight excluding hydrogens is 442 g/mol. The molecule has 3 rings (SSSR count). The molecule has 6 heteroatoms. The van der Waals surface area contributed by atoms with Crippen LogP contribution < -0.4 is 0 Å². The Morgan fingerprint density at radius 1 is 1.11 bits per heavy atom. The molecule has 6 atom stereocenters. The maximum atomic E-state index is 13.6. The van der Waals surface area contributed by atoms with Crippen LogP contribution in [0.5, 0.6) is 0 Å². The molecule has 3 saturated carbocycles. The largest absolute Gasteiger partial charge is 0.461 e. The highest BCUT2D eigenvalue weighted by Gasteiger charge is 2.62. The van der Waals surface area contributed by atoms with Crippen molar-refractivity contribution in [2.24, 2.45) is 34.5 Å². The highest BCUT2D eigenvalue weighted by molar-refractivity contribution is 5.86. The number of rotatable bonds is 6. The number of likely N-dealkylation sites (N-methyl/N-ethyl adjacent to an activating group) is 1. The summed E-state index contributed by atoms with van der Waals surface area (Å²) in [5.74, 6) is 0.115. The standard InChI is InChI=1S/C29H45NO5/c1-18(2)15-26(33)35-24-11-12-29(6)21-10-9-20(16-25(32)34-14-13-30(7)8)19(3)27(21)22(31)17-23(29)28(24,4)5/h15-16,19,21,23-24,27H,9-14,17H2,1-8H3. The number of Topliss-reactive ketones (excluding diaryl/α,β-unsaturated/α-hetero) is 1. The Morgan fingerprint density at radius 2 is 1.80 bits per heavy atom. The zero-order valence-electron chi connectivity index (χ0n) is 23.0. The van der Waals surface area contributed by atoms with Gasteiger partial charge >= 0.3 is 11.9 Å². The fourth-order valence-electron chi connectivity index (χ4n) is 7.24. The Bertz CT molecular complexity index is 897. The van der Waals surface area contributed by atoms with Crippen molar-refractivity contribution in [3.05, 3.63) is 23.3 Å². The van der Waals surface area contributed by atoms with Crippen LogP contribution in [0.3, 0.4) is 0 Å². The van der Waals surface area contributed by atoms with Crippen LogP contribution in [0.15, 0.2) is 23.3 Å². The van der Waals surface area contributed by atoms with Gasteiger partial charge in [0.1, 0.15) is 18.5 Å². The van der Waals surface area contributed by atoms with Gasteiger partial charge in [-0.25, -0.2) is 9.59 Å². The minimum absolute atomic E-state index is 0.00745. The van der Waals surface area contributed by atoms with Gasteiger partial charge in [0.15, 0.2) is 0 Å². The summed E-state index contributed by atoms with van der Waals surface area (Å²) in [4.78, 5) is 40.4. The summed E-state index contributed by atoms with van der Waals surface area (Å²) in [6.45, 7) is 13.6. The second kappa shape index (κ2) is 10.6. The van der Waals surface area contributed by atoms with Crippen LogP contribution in [0.2, 0.25) is 0 Å². The summed E-state index contributed by atoms with van der Waals surface area (Å²) >= 11 is 0. The minimum Gasteiger partial charge on any atom is -0.461 e. The zero-order chi connectivity index (χ0) is 26.1. The molecule has 0 amide bonds. The van der Waals surface area contributed by atoms with Gasteiger partial charge in [-0.1, -0.05) is 38.8 Å². The first-order chi connectivity index (χ1) is 16.3. The molecule has 0 aliphatic heterocycles. The predicted molar refractivity (Wildman–Crippen MR) is 137 cm³/mol. The molecule has 3 fully saturated rings. The lowest BCUT2D eigenvalue weighted by molar-refractivity contribution is -0.186. The Hall–Kier alpha value is -1.95. The summed E-state index contributed by atoms with van der Waals surface area (Å²) in [7, 11) is 3.89. The van der Waals surface area contributed by atoms with Crippen molar-refractivity contribution < 1.29 is 23.9 Å². The maximum absolute atomic E-state index is 13.6. The molecule has 0 bridgehead atoms. The van der Waals surface area contributed by atoms with E-state index in [4.69, 9.17) is 9.47 Å². The summed E-state index contributed by atoms with van der Waals surface area (Å²) in [6, 6.07) is 0. The molecule has 3 aliphatic rings. The number of ether oxygens (including phenoxy) is 2. The van der Waals surface area contributed by atoms with E-state index in [1.54, 1.807) is 12.2 Å². The molecular formula is C29H45NO5. The first kappa shape index (κ1) is 27.6. The molecule has 0 spiro atoms. The van der Waals surface area contributed by atoms with Gasteiger partial charge in [-0.15, -0.1) is 0 Å². The Morgan fingerprint density at radius 3 is 2.43 bits per heavy atom. The van der Waals surface area contributed by atoms with Gasteiger partial charge in [-0.3, -0.25) is 4.79 Å². The Balaban J connectivity index is 1.77. The van der Waals surface area contributed by atoms with E-state index in [0.717, 1.165) is 36.8 Å². The van der Waals surface area contributed by atoms with E-state index in [1.807, 2.05) is 32.8 Å². The molecule has 0 aromatic carbocycles. The highest BCUT2D eigenvalue weighted by Crippen LogP contribution is 2.64. The monoisotopic (exact) mass is 487 g/mol. The lowest BCUT2D eigenvalue weighted by Gasteiger charge is -2.62. The number of allylic oxidation sites excluding steroid dienone is 2. The van der Waals surface area contributed by atoms with Crippen LogP contribution in [0.4, 0.5) is 0 Å². The van der Waals surface area contributed by atoms with Crippen LogP contribution in [0, 0.1) is 34.5 Å². The molecule has 0 aromatic rings. The third kappa shape index (κ3) is 5.73. The van der Waals surface area contributed by atoms with Crippen LogP contribution in [0.1, 0.15) is 73.6 Å². The average molecular weight is 488 g/mol. The van der Waals surface area contributed by atoms with Crippen molar-refractivity contribution in [1.29, 1.82) is 0 Å². The highest BCUT2D eigenvalue weighted by atomic mass is 16.5. The number of ketones is 1. The lowest BCUT2D eigenvalue weighted by atomic mass is 9.42. The third-order valence-electron chi connectivity index (χ3n) is 9.15. The zero-order valence-corrected chi connectivity index (χ0v) is 23.0. The van der Waals surface area contributed by atoms with E-state index >= 15 is 0 Å². The molecule has 6 nitrogen and oxygen atoms in total. The van der Waals surface area contributed by atoms with E-state index in [9.17, 15) is 14.4 Å². The number of esters is 2. The molecule has 6 unspecified atom stereocenters. The smallest absolute Gasteiger partial charge is 0.330 e. The number of hydrogen-bond acceptors (Lipinski definition) is 6. The summed E-state index contributed by atoms with van der Waals surface area (Å²) < 4.78 is 11.3. The summed E-state index contributed by atoms with van der Waals surface area (Å²) in [5.41, 5.74) is 1.69. The number of hydrogen-bond donors (Lipinski definition) is 0. The number of nitrogens with zero attached hydrogens (tertiary/aromatic N) is 1. The molecule has 35 heavy (non-hydrogen) atoms. The second-order valence-corrected chi connectivity index (χ2v) is 12.4. The molecule has 0 radical (unpaired) electrons. The first-order valence-electron chi connectivity index (χ1n) is 13.2. The summed E-state index contributed by atoms with van der Waals surface area (Å²) in [6.07, 6.45) is 6.99. The molecule has 0 aromatic heterocycles. The minimum atomic E-state index is -0.306. The van der Waals surface area contributed by atoms with Gasteiger partial charge in [-0.05, 0) is 76.8 Å². The van der Waals surface area contributed by atoms with Crippen molar-refractivity contribution in [3.63, 3.8) is 0 Å². The van der Waals surface area contributed by atoms with E-state index < -0.39 is 0 Å². The summed E-state index contributed by atoms with van der Waals surface area (Å²) in [5, 5.41) is 0. The van der Waals surface area contributed by atoms with Gasteiger partial charge in [0.2, 0.25) is 0 Å². The van der Waals surface area contributed by atoms with Crippen molar-refractivity contribution >= 4 is 17.7 Å². The normalized spacial score (nSPS) is 35.2. The average Bonchev–Trinajstić information content (AvgIpc) is 2.73. The molecule has 0 saturated heterocycles. The third-order valence-corrected chi connectivity index (χ3v) is 9.15. The fourth-order valence-corrected chi connectivity index (χ4v) is 7.24. The molecule has 0 N–H and O–H groups in total. The molecule has 0 heterocycles. The predicted octanol–water partition coefficient (Wildman–Crippen LogP) is 4.97. The van der Waals surface area contributed by atoms with Gasteiger partial charge < -0.3 is 14.4 Å². The molecule has 3 aliphatic carbocycles. The van der Waals surface area contributed by atoms with Crippen molar-refractivity contribution in [3.8, 4) is 0 Å². The van der Waals surface area contributed by atoms with Crippen molar-refractivity contribution in [1.82, 2.24) is 4.90 Å². The van der Waals surface area contributed by atoms with Gasteiger partial charge in [0, 0.05) is 36.5 Å². The SMILES string of the molecule is CC(C)=CC(=O)OC1CCC2(C)C3CCC(=CC(=O)OCCN(C)C)C(C)C3C(=O)CC2C1(C)C. The number of carbonyl (C=O) groups excluding carboxylic acids is 3. The van der Waals surface area contributed by atoms with Crippen LogP contribution in [-0.4, -0.2) is 56.0 Å². The van der Waals surface area contributed by atoms with E-state index in [1.165, 1.54) is 0 Å². The van der Waals surface area contributed by atoms with E-state index in [-0.39, 0.29) is 52.5 Å². The quantitative estimate of drug-likeness (QED) is 0.389.